The Balaban J connectivity index is 1.56. The van der Waals surface area contributed by atoms with E-state index in [1.165, 1.54) is 0 Å². The number of carbonyl (C=O) groups excluding carboxylic acids is 1. The number of carbonyl (C=O) groups is 1. The fraction of sp³-hybridized carbons (Fsp3) is 0.318. The minimum Gasteiger partial charge on any atom is -0.493 e. The number of anilines is 1. The van der Waals surface area contributed by atoms with Crippen molar-refractivity contribution in [1.82, 2.24) is 29.6 Å². The van der Waals surface area contributed by atoms with Gasteiger partial charge in [-0.25, -0.2) is 0 Å². The number of nitrogens with zero attached hydrogens (tertiary/aromatic N) is 6. The molecule has 1 atom stereocenters. The highest BCUT2D eigenvalue weighted by Crippen LogP contribution is 2.40. The van der Waals surface area contributed by atoms with Gasteiger partial charge in [-0.2, -0.15) is 14.3 Å². The van der Waals surface area contributed by atoms with Gasteiger partial charge in [0.2, 0.25) is 5.91 Å². The molecule has 32 heavy (non-hydrogen) atoms. The second-order valence-corrected chi connectivity index (χ2v) is 7.95. The van der Waals surface area contributed by atoms with Gasteiger partial charge in [-0.3, -0.25) is 4.79 Å². The van der Waals surface area contributed by atoms with Crippen LogP contribution in [0.25, 0.3) is 11.5 Å². The van der Waals surface area contributed by atoms with E-state index in [0.29, 0.717) is 41.0 Å². The summed E-state index contributed by atoms with van der Waals surface area (Å²) in [5.41, 5.74) is 2.50. The summed E-state index contributed by atoms with van der Waals surface area (Å²) in [5.74, 6) is 2.87. The van der Waals surface area contributed by atoms with E-state index >= 15 is 0 Å². The molecule has 4 aromatic rings. The number of amides is 1. The highest BCUT2D eigenvalue weighted by atomic mass is 16.5. The van der Waals surface area contributed by atoms with Gasteiger partial charge in [0.05, 0.1) is 19.4 Å². The number of hydrogen-bond acceptors (Lipinski definition) is 7. The highest BCUT2D eigenvalue weighted by molar-refractivity contribution is 5.94. The molecule has 0 saturated heterocycles. The van der Waals surface area contributed by atoms with Gasteiger partial charge in [-0.1, -0.05) is 6.07 Å². The Morgan fingerprint density at radius 3 is 2.78 bits per heavy atom. The zero-order valence-corrected chi connectivity index (χ0v) is 18.2. The highest BCUT2D eigenvalue weighted by Gasteiger charge is 2.31. The van der Waals surface area contributed by atoms with Crippen LogP contribution in [0.2, 0.25) is 0 Å². The first-order chi connectivity index (χ1) is 15.4. The van der Waals surface area contributed by atoms with Gasteiger partial charge in [0.1, 0.15) is 5.82 Å². The lowest BCUT2D eigenvalue weighted by Gasteiger charge is -2.24. The molecule has 164 valence electrons. The molecule has 10 heteroatoms. The van der Waals surface area contributed by atoms with E-state index in [2.05, 4.69) is 25.7 Å². The molecular weight excluding hydrogens is 410 g/mol. The normalized spacial score (nSPS) is 15.7. The van der Waals surface area contributed by atoms with Gasteiger partial charge >= 0.3 is 0 Å². The number of rotatable bonds is 5. The van der Waals surface area contributed by atoms with Crippen LogP contribution in [-0.2, 0) is 4.79 Å². The van der Waals surface area contributed by atoms with Crippen molar-refractivity contribution >= 4 is 17.4 Å². The molecule has 0 fully saturated rings. The number of hydrogen-bond donors (Lipinski definition) is 1. The van der Waals surface area contributed by atoms with Crippen molar-refractivity contribution in [2.24, 2.45) is 0 Å². The van der Waals surface area contributed by atoms with Gasteiger partial charge in [-0.15, -0.1) is 15.3 Å². The first kappa shape index (κ1) is 20.0. The summed E-state index contributed by atoms with van der Waals surface area (Å²) in [4.78, 5) is 12.6. The minimum absolute atomic E-state index is 0.0271. The van der Waals surface area contributed by atoms with Crippen molar-refractivity contribution < 1.29 is 14.3 Å². The molecule has 1 aliphatic rings. The van der Waals surface area contributed by atoms with E-state index in [-0.39, 0.29) is 17.9 Å². The van der Waals surface area contributed by atoms with E-state index < -0.39 is 0 Å². The molecule has 0 radical (unpaired) electrons. The summed E-state index contributed by atoms with van der Waals surface area (Å²) in [5, 5.41) is 20.2. The van der Waals surface area contributed by atoms with E-state index in [1.54, 1.807) is 28.6 Å². The quantitative estimate of drug-likeness (QED) is 0.515. The van der Waals surface area contributed by atoms with Crippen molar-refractivity contribution in [2.75, 3.05) is 12.4 Å². The van der Waals surface area contributed by atoms with Gasteiger partial charge in [0.15, 0.2) is 28.8 Å². The van der Waals surface area contributed by atoms with Crippen LogP contribution in [0.1, 0.15) is 43.1 Å². The summed E-state index contributed by atoms with van der Waals surface area (Å²) in [6, 6.07) is 9.39. The Morgan fingerprint density at radius 2 is 2.00 bits per heavy atom. The molecule has 1 aliphatic heterocycles. The van der Waals surface area contributed by atoms with Crippen molar-refractivity contribution in [3.05, 3.63) is 53.5 Å². The van der Waals surface area contributed by atoms with Crippen LogP contribution in [0.15, 0.2) is 36.5 Å². The predicted octanol–water partition coefficient (Wildman–Crippen LogP) is 2.89. The molecule has 4 heterocycles. The standard InChI is InChI=1S/C22H23N7O3/c1-12(2)32-17-6-5-14(9-18(17)31-4)15-10-21(30)24-22-16(15)11-23-29(22)20-8-7-19-26-25-13(3)28(19)27-20/h5-9,11-12,15H,10H2,1-4H3,(H,24,30)/t15-/m0/s1. The second-order valence-electron chi connectivity index (χ2n) is 7.95. The predicted molar refractivity (Wildman–Crippen MR) is 116 cm³/mol. The maximum absolute atomic E-state index is 12.6. The maximum Gasteiger partial charge on any atom is 0.226 e. The number of aryl methyl sites for hydroxylation is 1. The number of methoxy groups -OCH3 is 1. The Hall–Kier alpha value is -3.95. The van der Waals surface area contributed by atoms with Crippen molar-refractivity contribution in [3.8, 4) is 17.3 Å². The van der Waals surface area contributed by atoms with E-state index in [9.17, 15) is 4.79 Å². The SMILES string of the molecule is COc1cc([C@@H]2CC(=O)Nc3c2cnn3-c2ccc3nnc(C)n3n2)ccc1OC(C)C. The monoisotopic (exact) mass is 433 g/mol. The molecule has 1 N–H and O–H groups in total. The third kappa shape index (κ3) is 3.33. The molecule has 0 saturated carbocycles. The van der Waals surface area contributed by atoms with Crippen LogP contribution >= 0.6 is 0 Å². The van der Waals surface area contributed by atoms with Crippen LogP contribution in [0.5, 0.6) is 11.5 Å². The van der Waals surface area contributed by atoms with Crippen molar-refractivity contribution in [2.45, 2.75) is 39.2 Å². The zero-order chi connectivity index (χ0) is 22.4. The molecule has 0 bridgehead atoms. The average molecular weight is 433 g/mol. The second kappa shape index (κ2) is 7.63. The van der Waals surface area contributed by atoms with Crippen molar-refractivity contribution in [1.29, 1.82) is 0 Å². The minimum atomic E-state index is -0.171. The maximum atomic E-state index is 12.6. The molecule has 5 rings (SSSR count). The Kier molecular flexibility index (Phi) is 4.76. The number of ether oxygens (including phenoxy) is 2. The molecule has 10 nitrogen and oxygen atoms in total. The fourth-order valence-electron chi connectivity index (χ4n) is 3.94. The Labute approximate surface area is 184 Å². The lowest BCUT2D eigenvalue weighted by Crippen LogP contribution is -2.25. The smallest absolute Gasteiger partial charge is 0.226 e. The van der Waals surface area contributed by atoms with Crippen LogP contribution in [0.3, 0.4) is 0 Å². The van der Waals surface area contributed by atoms with Crippen LogP contribution < -0.4 is 14.8 Å². The average Bonchev–Trinajstić information content (AvgIpc) is 3.36. The largest absolute Gasteiger partial charge is 0.493 e. The Bertz CT molecular complexity index is 1320. The van der Waals surface area contributed by atoms with Crippen LogP contribution in [0.4, 0.5) is 5.82 Å². The molecule has 0 unspecified atom stereocenters. The number of benzene rings is 1. The molecule has 0 aliphatic carbocycles. The molecule has 1 amide bonds. The lowest BCUT2D eigenvalue weighted by molar-refractivity contribution is -0.116. The van der Waals surface area contributed by atoms with Crippen LogP contribution in [0, 0.1) is 6.92 Å². The van der Waals surface area contributed by atoms with E-state index in [0.717, 1.165) is 11.1 Å². The van der Waals surface area contributed by atoms with Crippen molar-refractivity contribution in [3.63, 3.8) is 0 Å². The number of nitrogens with one attached hydrogen (secondary N) is 1. The Morgan fingerprint density at radius 1 is 1.16 bits per heavy atom. The summed E-state index contributed by atoms with van der Waals surface area (Å²) in [6.45, 7) is 5.76. The van der Waals surface area contributed by atoms with Crippen LogP contribution in [-0.4, -0.2) is 48.7 Å². The fourth-order valence-corrected chi connectivity index (χ4v) is 3.94. The summed E-state index contributed by atoms with van der Waals surface area (Å²) in [7, 11) is 1.61. The first-order valence-corrected chi connectivity index (χ1v) is 10.4. The number of aromatic nitrogens is 6. The third-order valence-electron chi connectivity index (χ3n) is 5.39. The summed E-state index contributed by atoms with van der Waals surface area (Å²) < 4.78 is 14.6. The zero-order valence-electron chi connectivity index (χ0n) is 18.2. The summed E-state index contributed by atoms with van der Waals surface area (Å²) in [6.07, 6.45) is 2.11. The molecule has 3 aromatic heterocycles. The van der Waals surface area contributed by atoms with Gasteiger partial charge in [0.25, 0.3) is 0 Å². The van der Waals surface area contributed by atoms with Gasteiger partial charge in [-0.05, 0) is 50.6 Å². The summed E-state index contributed by atoms with van der Waals surface area (Å²) >= 11 is 0. The van der Waals surface area contributed by atoms with Gasteiger partial charge < -0.3 is 14.8 Å². The first-order valence-electron chi connectivity index (χ1n) is 10.4. The molecular formula is C22H23N7O3. The van der Waals surface area contributed by atoms with E-state index in [1.807, 2.05) is 45.0 Å². The lowest BCUT2D eigenvalue weighted by atomic mass is 9.87. The third-order valence-corrected chi connectivity index (χ3v) is 5.39. The van der Waals surface area contributed by atoms with Gasteiger partial charge in [0, 0.05) is 17.9 Å². The molecule has 1 aromatic carbocycles. The molecule has 0 spiro atoms. The number of fused-ring (bicyclic) bond motifs is 2. The topological polar surface area (TPSA) is 108 Å². The van der Waals surface area contributed by atoms with E-state index in [4.69, 9.17) is 9.47 Å².